The normalized spacial score (nSPS) is 20.5. The summed E-state index contributed by atoms with van der Waals surface area (Å²) in [7, 11) is 0. The summed E-state index contributed by atoms with van der Waals surface area (Å²) in [6.07, 6.45) is -4.29. The lowest BCUT2D eigenvalue weighted by molar-refractivity contribution is -0.181. The van der Waals surface area contributed by atoms with Crippen LogP contribution in [-0.2, 0) is 16.8 Å². The van der Waals surface area contributed by atoms with Crippen LogP contribution < -0.4 is 11.1 Å². The summed E-state index contributed by atoms with van der Waals surface area (Å²) in [6, 6.07) is 13.2. The molecule has 0 aromatic heterocycles. The molecule has 0 spiro atoms. The Morgan fingerprint density at radius 1 is 1.11 bits per heavy atom. The molecule has 0 aliphatic heterocycles. The van der Waals surface area contributed by atoms with Crippen molar-refractivity contribution in [3.63, 3.8) is 0 Å². The van der Waals surface area contributed by atoms with Crippen LogP contribution in [0.1, 0.15) is 49.8 Å². The first-order chi connectivity index (χ1) is 13.0. The summed E-state index contributed by atoms with van der Waals surface area (Å²) in [4.78, 5) is 12.0. The number of carbonyl (C=O) groups is 1. The monoisotopic (exact) mass is 390 g/mol. The van der Waals surface area contributed by atoms with Gasteiger partial charge in [-0.25, -0.2) is 0 Å². The number of primary amides is 1. The number of para-hydroxylation sites is 1. The van der Waals surface area contributed by atoms with Crippen molar-refractivity contribution in [2.24, 2.45) is 11.1 Å². The number of hydrogen-bond acceptors (Lipinski definition) is 2. The summed E-state index contributed by atoms with van der Waals surface area (Å²) in [6.45, 7) is 5.69. The molecule has 3 rings (SSSR count). The topological polar surface area (TPSA) is 55.1 Å². The lowest BCUT2D eigenvalue weighted by atomic mass is 9.75. The Balaban J connectivity index is 2.07. The minimum absolute atomic E-state index is 0.0963. The van der Waals surface area contributed by atoms with Crippen molar-refractivity contribution in [1.29, 1.82) is 0 Å². The average Bonchev–Trinajstić information content (AvgIpc) is 2.93. The van der Waals surface area contributed by atoms with Crippen molar-refractivity contribution >= 4 is 11.6 Å². The second-order valence-corrected chi connectivity index (χ2v) is 8.51. The molecule has 3 nitrogen and oxygen atoms in total. The van der Waals surface area contributed by atoms with Crippen LogP contribution in [0.25, 0.3) is 0 Å². The van der Waals surface area contributed by atoms with Gasteiger partial charge in [0, 0.05) is 5.69 Å². The Kier molecular flexibility index (Phi) is 4.94. The van der Waals surface area contributed by atoms with Gasteiger partial charge in [0.1, 0.15) is 0 Å². The Bertz CT molecular complexity index is 872. The predicted octanol–water partition coefficient (Wildman–Crippen LogP) is 5.12. The Hall–Kier alpha value is -2.50. The first kappa shape index (κ1) is 20.2. The smallest absolute Gasteiger partial charge is 0.369 e. The second kappa shape index (κ2) is 6.83. The van der Waals surface area contributed by atoms with Gasteiger partial charge in [-0.1, -0.05) is 57.2 Å². The van der Waals surface area contributed by atoms with E-state index >= 15 is 0 Å². The number of nitrogens with two attached hydrogens (primary N) is 1. The first-order valence-electron chi connectivity index (χ1n) is 9.28. The van der Waals surface area contributed by atoms with Gasteiger partial charge in [0.05, 0.1) is 5.92 Å². The molecule has 0 heterocycles. The van der Waals surface area contributed by atoms with Crippen molar-refractivity contribution in [2.45, 2.75) is 51.2 Å². The van der Waals surface area contributed by atoms with Crippen LogP contribution in [-0.4, -0.2) is 12.1 Å². The van der Waals surface area contributed by atoms with Crippen LogP contribution in [0.2, 0.25) is 0 Å². The molecule has 3 N–H and O–H groups in total. The Morgan fingerprint density at radius 3 is 2.29 bits per heavy atom. The Labute approximate surface area is 163 Å². The molecule has 0 saturated heterocycles. The van der Waals surface area contributed by atoms with Gasteiger partial charge < -0.3 is 11.1 Å². The van der Waals surface area contributed by atoms with Gasteiger partial charge in [-0.3, -0.25) is 4.79 Å². The number of fused-ring (bicyclic) bond motifs is 1. The molecule has 0 radical (unpaired) electrons. The summed E-state index contributed by atoms with van der Waals surface area (Å²) in [5.74, 6) is -1.05. The lowest BCUT2D eigenvalue weighted by Gasteiger charge is -2.35. The lowest BCUT2D eigenvalue weighted by Crippen LogP contribution is -2.47. The Morgan fingerprint density at radius 2 is 1.75 bits per heavy atom. The summed E-state index contributed by atoms with van der Waals surface area (Å²) < 4.78 is 42.7. The van der Waals surface area contributed by atoms with Crippen LogP contribution in [0.4, 0.5) is 18.9 Å². The van der Waals surface area contributed by atoms with E-state index in [9.17, 15) is 18.0 Å². The molecule has 2 aromatic carbocycles. The zero-order valence-electron chi connectivity index (χ0n) is 16.2. The summed E-state index contributed by atoms with van der Waals surface area (Å²) in [5.41, 5.74) is 4.92. The second-order valence-electron chi connectivity index (χ2n) is 8.51. The minimum Gasteiger partial charge on any atom is -0.369 e. The maximum Gasteiger partial charge on any atom is 0.415 e. The molecule has 2 unspecified atom stereocenters. The molecule has 1 aliphatic carbocycles. The number of halogens is 3. The van der Waals surface area contributed by atoms with Gasteiger partial charge in [-0.15, -0.1) is 0 Å². The number of rotatable bonds is 4. The number of carbonyl (C=O) groups excluding carboxylic acids is 1. The number of alkyl halides is 3. The molecule has 0 bridgehead atoms. The van der Waals surface area contributed by atoms with E-state index < -0.39 is 29.0 Å². The van der Waals surface area contributed by atoms with Crippen molar-refractivity contribution < 1.29 is 18.0 Å². The van der Waals surface area contributed by atoms with Crippen molar-refractivity contribution in [3.8, 4) is 0 Å². The molecular weight excluding hydrogens is 365 g/mol. The van der Waals surface area contributed by atoms with Gasteiger partial charge >= 0.3 is 6.18 Å². The molecule has 2 aromatic rings. The molecule has 0 saturated carbocycles. The molecule has 1 aliphatic rings. The number of anilines is 1. The molecule has 2 atom stereocenters. The van der Waals surface area contributed by atoms with Crippen LogP contribution >= 0.6 is 0 Å². The van der Waals surface area contributed by atoms with Gasteiger partial charge in [-0.2, -0.15) is 13.2 Å². The van der Waals surface area contributed by atoms with E-state index in [0.717, 1.165) is 0 Å². The van der Waals surface area contributed by atoms with E-state index in [1.165, 1.54) is 6.07 Å². The highest BCUT2D eigenvalue weighted by atomic mass is 19.4. The van der Waals surface area contributed by atoms with Crippen LogP contribution in [0.15, 0.2) is 48.5 Å². The van der Waals surface area contributed by atoms with Crippen LogP contribution in [0.5, 0.6) is 0 Å². The fourth-order valence-corrected chi connectivity index (χ4v) is 4.23. The van der Waals surface area contributed by atoms with E-state index in [2.05, 4.69) is 5.32 Å². The average molecular weight is 390 g/mol. The highest BCUT2D eigenvalue weighted by Crippen LogP contribution is 2.51. The van der Waals surface area contributed by atoms with E-state index in [1.807, 2.05) is 20.8 Å². The zero-order chi connectivity index (χ0) is 20.7. The SMILES string of the molecule is CC(C)(C)C(C(N)=O)c1ccc2c(c1)CCC2(Nc1ccccc1)C(F)(F)F. The predicted molar refractivity (Wildman–Crippen MR) is 104 cm³/mol. The summed E-state index contributed by atoms with van der Waals surface area (Å²) >= 11 is 0. The highest BCUT2D eigenvalue weighted by Gasteiger charge is 2.59. The number of hydrogen-bond donors (Lipinski definition) is 2. The van der Waals surface area contributed by atoms with E-state index in [0.29, 0.717) is 16.8 Å². The minimum atomic E-state index is -4.47. The van der Waals surface area contributed by atoms with Gasteiger partial charge in [-0.05, 0) is 47.1 Å². The van der Waals surface area contributed by atoms with Crippen molar-refractivity contribution in [1.82, 2.24) is 0 Å². The fraction of sp³-hybridized carbons (Fsp3) is 0.409. The van der Waals surface area contributed by atoms with Crippen LogP contribution in [0.3, 0.4) is 0 Å². The third-order valence-corrected chi connectivity index (χ3v) is 5.46. The number of benzene rings is 2. The van der Waals surface area contributed by atoms with Crippen molar-refractivity contribution in [2.75, 3.05) is 5.32 Å². The van der Waals surface area contributed by atoms with E-state index in [1.54, 1.807) is 42.5 Å². The number of nitrogens with one attached hydrogen (secondary N) is 1. The van der Waals surface area contributed by atoms with Crippen LogP contribution in [0, 0.1) is 5.41 Å². The maximum atomic E-state index is 14.2. The number of amides is 1. The van der Waals surface area contributed by atoms with Gasteiger partial charge in [0.2, 0.25) is 5.91 Å². The molecule has 1 amide bonds. The largest absolute Gasteiger partial charge is 0.415 e. The zero-order valence-corrected chi connectivity index (χ0v) is 16.2. The standard InChI is InChI=1S/C22H25F3N2O/c1-20(2,3)18(19(26)28)15-9-10-17-14(13-15)11-12-21(17,22(23,24)25)27-16-7-5-4-6-8-16/h4-10,13,18,27H,11-12H2,1-3H3,(H2,26,28). The molecular formula is C22H25F3N2O. The third-order valence-electron chi connectivity index (χ3n) is 5.46. The molecule has 28 heavy (non-hydrogen) atoms. The third kappa shape index (κ3) is 3.48. The summed E-state index contributed by atoms with van der Waals surface area (Å²) in [5, 5.41) is 2.74. The molecule has 6 heteroatoms. The first-order valence-corrected chi connectivity index (χ1v) is 9.28. The number of aryl methyl sites for hydroxylation is 1. The molecule has 0 fully saturated rings. The van der Waals surface area contributed by atoms with E-state index in [4.69, 9.17) is 5.73 Å². The van der Waals surface area contributed by atoms with Gasteiger partial charge in [0.15, 0.2) is 5.54 Å². The van der Waals surface area contributed by atoms with Crippen molar-refractivity contribution in [3.05, 3.63) is 65.2 Å². The quantitative estimate of drug-likeness (QED) is 0.762. The van der Waals surface area contributed by atoms with Gasteiger partial charge in [0.25, 0.3) is 0 Å². The highest BCUT2D eigenvalue weighted by molar-refractivity contribution is 5.83. The molecule has 150 valence electrons. The fourth-order valence-electron chi connectivity index (χ4n) is 4.23. The van der Waals surface area contributed by atoms with E-state index in [-0.39, 0.29) is 18.4 Å². The maximum absolute atomic E-state index is 14.2.